The first-order chi connectivity index (χ1) is 17.2. The molecule has 1 heterocycles. The van der Waals surface area contributed by atoms with Gasteiger partial charge in [-0.25, -0.2) is 13.2 Å². The molecule has 0 spiro atoms. The highest BCUT2D eigenvalue weighted by atomic mass is 35.5. The van der Waals surface area contributed by atoms with Crippen LogP contribution in [0, 0.1) is 0 Å². The van der Waals surface area contributed by atoms with Crippen LogP contribution >= 0.6 is 23.2 Å². The lowest BCUT2D eigenvalue weighted by Crippen LogP contribution is -2.50. The minimum atomic E-state index is -4.10. The van der Waals surface area contributed by atoms with E-state index in [1.54, 1.807) is 54.6 Å². The van der Waals surface area contributed by atoms with Crippen molar-refractivity contribution in [3.8, 4) is 5.75 Å². The van der Waals surface area contributed by atoms with Crippen molar-refractivity contribution in [3.05, 3.63) is 88.4 Å². The summed E-state index contributed by atoms with van der Waals surface area (Å²) >= 11 is 12.3. The van der Waals surface area contributed by atoms with Crippen LogP contribution in [0.4, 0.5) is 5.69 Å². The third-order valence-electron chi connectivity index (χ3n) is 5.59. The standard InChI is InChI=1S/C25H22Cl2N2O6S/c1-34-25(31)23-15-29(21-9-5-6-10-22(21)35-23)24(30)16-28(14-17-11-12-18(26)13-20(17)27)36(32,33)19-7-3-2-4-8-19/h2-13,23H,14-16H2,1H3/t23-/m1/s1. The van der Waals surface area contributed by atoms with Crippen molar-refractivity contribution in [2.45, 2.75) is 17.5 Å². The molecule has 1 atom stereocenters. The highest BCUT2D eigenvalue weighted by Crippen LogP contribution is 2.34. The Labute approximate surface area is 219 Å². The first-order valence-electron chi connectivity index (χ1n) is 10.8. The first-order valence-corrected chi connectivity index (χ1v) is 13.0. The summed E-state index contributed by atoms with van der Waals surface area (Å²) < 4.78 is 38.7. The van der Waals surface area contributed by atoms with Crippen LogP contribution in [-0.4, -0.2) is 50.9 Å². The Bertz CT molecular complexity index is 1380. The van der Waals surface area contributed by atoms with Crippen molar-refractivity contribution >= 4 is 50.8 Å². The maximum Gasteiger partial charge on any atom is 0.348 e. The second-order valence-corrected chi connectivity index (χ2v) is 10.7. The largest absolute Gasteiger partial charge is 0.475 e. The molecule has 0 aliphatic carbocycles. The van der Waals surface area contributed by atoms with Gasteiger partial charge in [-0.1, -0.05) is 59.6 Å². The van der Waals surface area contributed by atoms with Gasteiger partial charge in [0.1, 0.15) is 5.75 Å². The van der Waals surface area contributed by atoms with Crippen LogP contribution < -0.4 is 9.64 Å². The molecule has 1 amide bonds. The number of esters is 1. The van der Waals surface area contributed by atoms with Crippen molar-refractivity contribution in [2.24, 2.45) is 0 Å². The smallest absolute Gasteiger partial charge is 0.348 e. The Morgan fingerprint density at radius 2 is 1.75 bits per heavy atom. The fourth-order valence-electron chi connectivity index (χ4n) is 3.77. The van der Waals surface area contributed by atoms with E-state index in [9.17, 15) is 18.0 Å². The van der Waals surface area contributed by atoms with Gasteiger partial charge in [-0.3, -0.25) is 4.79 Å². The molecule has 4 rings (SSSR count). The predicted octanol–water partition coefficient (Wildman–Crippen LogP) is 4.15. The number of ether oxygens (including phenoxy) is 2. The van der Waals surface area contributed by atoms with Gasteiger partial charge in [-0.15, -0.1) is 0 Å². The number of amides is 1. The van der Waals surface area contributed by atoms with Gasteiger partial charge in [-0.2, -0.15) is 4.31 Å². The Hall–Kier alpha value is -3.11. The maximum atomic E-state index is 13.6. The van der Waals surface area contributed by atoms with Crippen molar-refractivity contribution in [3.63, 3.8) is 0 Å². The number of para-hydroxylation sites is 2. The molecule has 1 aliphatic rings. The monoisotopic (exact) mass is 548 g/mol. The second kappa shape index (κ2) is 10.9. The summed E-state index contributed by atoms with van der Waals surface area (Å²) in [7, 11) is -2.88. The van der Waals surface area contributed by atoms with Gasteiger partial charge in [0.2, 0.25) is 22.0 Å². The van der Waals surface area contributed by atoms with Crippen LogP contribution in [0.5, 0.6) is 5.75 Å². The molecule has 0 saturated carbocycles. The highest BCUT2D eigenvalue weighted by Gasteiger charge is 2.36. The number of sulfonamides is 1. The molecule has 8 nitrogen and oxygen atoms in total. The quantitative estimate of drug-likeness (QED) is 0.411. The average Bonchev–Trinajstić information content (AvgIpc) is 2.88. The van der Waals surface area contributed by atoms with Crippen molar-refractivity contribution in [1.82, 2.24) is 4.31 Å². The summed E-state index contributed by atoms with van der Waals surface area (Å²) in [5.41, 5.74) is 0.896. The van der Waals surface area contributed by atoms with Crippen LogP contribution in [0.2, 0.25) is 10.0 Å². The molecular formula is C25H22Cl2N2O6S. The van der Waals surface area contributed by atoms with Gasteiger partial charge in [0, 0.05) is 16.6 Å². The Kier molecular flexibility index (Phi) is 7.85. The molecule has 3 aromatic carbocycles. The molecule has 0 saturated heterocycles. The number of halogens is 2. The molecule has 36 heavy (non-hydrogen) atoms. The van der Waals surface area contributed by atoms with Gasteiger partial charge in [0.05, 0.1) is 30.8 Å². The fraction of sp³-hybridized carbons (Fsp3) is 0.200. The number of anilines is 1. The summed E-state index contributed by atoms with van der Waals surface area (Å²) in [5.74, 6) is -0.890. The van der Waals surface area contributed by atoms with E-state index in [2.05, 4.69) is 0 Å². The Morgan fingerprint density at radius 1 is 1.06 bits per heavy atom. The van der Waals surface area contributed by atoms with E-state index >= 15 is 0 Å². The summed E-state index contributed by atoms with van der Waals surface area (Å²) in [6.45, 7) is -0.826. The summed E-state index contributed by atoms with van der Waals surface area (Å²) in [6.07, 6.45) is -1.06. The number of carbonyl (C=O) groups is 2. The van der Waals surface area contributed by atoms with E-state index in [0.717, 1.165) is 4.31 Å². The number of hydrogen-bond donors (Lipinski definition) is 0. The molecule has 3 aromatic rings. The minimum absolute atomic E-state index is 0.0256. The first kappa shape index (κ1) is 26.0. The van der Waals surface area contributed by atoms with Crippen LogP contribution in [-0.2, 0) is 30.9 Å². The second-order valence-electron chi connectivity index (χ2n) is 7.92. The Morgan fingerprint density at radius 3 is 2.44 bits per heavy atom. The van der Waals surface area contributed by atoms with Gasteiger partial charge in [0.15, 0.2) is 0 Å². The molecule has 0 radical (unpaired) electrons. The van der Waals surface area contributed by atoms with Crippen molar-refractivity contribution in [1.29, 1.82) is 0 Å². The number of carbonyl (C=O) groups excluding carboxylic acids is 2. The van der Waals surface area contributed by atoms with Gasteiger partial charge in [-0.05, 0) is 42.0 Å². The predicted molar refractivity (Wildman–Crippen MR) is 136 cm³/mol. The van der Waals surface area contributed by atoms with E-state index in [1.807, 2.05) is 0 Å². The SMILES string of the molecule is COC(=O)[C@H]1CN(C(=O)CN(Cc2ccc(Cl)cc2Cl)S(=O)(=O)c2ccccc2)c2ccccc2O1. The zero-order chi connectivity index (χ0) is 25.9. The minimum Gasteiger partial charge on any atom is -0.475 e. The lowest BCUT2D eigenvalue weighted by Gasteiger charge is -2.34. The van der Waals surface area contributed by atoms with Crippen LogP contribution in [0.15, 0.2) is 77.7 Å². The molecule has 0 N–H and O–H groups in total. The van der Waals surface area contributed by atoms with Crippen LogP contribution in [0.1, 0.15) is 5.56 Å². The molecule has 0 aromatic heterocycles. The normalized spacial score (nSPS) is 15.2. The van der Waals surface area contributed by atoms with Crippen molar-refractivity contribution < 1.29 is 27.5 Å². The zero-order valence-electron chi connectivity index (χ0n) is 19.1. The van der Waals surface area contributed by atoms with Gasteiger partial charge >= 0.3 is 5.97 Å². The number of nitrogens with zero attached hydrogens (tertiary/aromatic N) is 2. The van der Waals surface area contributed by atoms with Crippen LogP contribution in [0.3, 0.4) is 0 Å². The molecule has 188 valence electrons. The third-order valence-corrected chi connectivity index (χ3v) is 7.99. The lowest BCUT2D eigenvalue weighted by molar-refractivity contribution is -0.148. The number of fused-ring (bicyclic) bond motifs is 1. The zero-order valence-corrected chi connectivity index (χ0v) is 21.5. The van der Waals surface area contributed by atoms with Crippen LogP contribution in [0.25, 0.3) is 0 Å². The third kappa shape index (κ3) is 5.49. The Balaban J connectivity index is 1.70. The van der Waals surface area contributed by atoms with E-state index in [0.29, 0.717) is 22.0 Å². The average molecular weight is 549 g/mol. The van der Waals surface area contributed by atoms with Gasteiger partial charge in [0.25, 0.3) is 0 Å². The van der Waals surface area contributed by atoms with E-state index < -0.39 is 34.5 Å². The van der Waals surface area contributed by atoms with Gasteiger partial charge < -0.3 is 14.4 Å². The number of methoxy groups -OCH3 is 1. The molecule has 0 bridgehead atoms. The lowest BCUT2D eigenvalue weighted by atomic mass is 10.1. The number of benzene rings is 3. The fourth-order valence-corrected chi connectivity index (χ4v) is 5.63. The summed E-state index contributed by atoms with van der Waals surface area (Å²) in [6, 6.07) is 19.2. The molecule has 1 aliphatic heterocycles. The van der Waals surface area contributed by atoms with E-state index in [-0.39, 0.29) is 23.0 Å². The summed E-state index contributed by atoms with van der Waals surface area (Å²) in [5, 5.41) is 0.668. The highest BCUT2D eigenvalue weighted by molar-refractivity contribution is 7.89. The van der Waals surface area contributed by atoms with Crippen molar-refractivity contribution in [2.75, 3.05) is 25.1 Å². The molecular weight excluding hydrogens is 527 g/mol. The maximum absolute atomic E-state index is 13.6. The number of hydrogen-bond acceptors (Lipinski definition) is 6. The van der Waals surface area contributed by atoms with E-state index in [1.165, 1.54) is 30.2 Å². The van der Waals surface area contributed by atoms with E-state index in [4.69, 9.17) is 32.7 Å². The number of rotatable bonds is 7. The molecule has 0 unspecified atom stereocenters. The summed E-state index contributed by atoms with van der Waals surface area (Å²) in [4.78, 5) is 27.1. The molecule has 0 fully saturated rings. The topological polar surface area (TPSA) is 93.2 Å². The molecule has 11 heteroatoms.